The van der Waals surface area contributed by atoms with E-state index in [2.05, 4.69) is 10.6 Å². The van der Waals surface area contributed by atoms with Crippen molar-refractivity contribution in [3.8, 4) is 0 Å². The Morgan fingerprint density at radius 1 is 1.36 bits per heavy atom. The summed E-state index contributed by atoms with van der Waals surface area (Å²) in [6.45, 7) is 5.18. The maximum atomic E-state index is 12.4. The molecule has 2 fully saturated rings. The lowest BCUT2D eigenvalue weighted by molar-refractivity contribution is 0.0950. The molecule has 1 unspecified atom stereocenters. The van der Waals surface area contributed by atoms with Crippen molar-refractivity contribution in [2.24, 2.45) is 5.92 Å². The molecule has 3 rings (SSSR count). The van der Waals surface area contributed by atoms with E-state index >= 15 is 0 Å². The van der Waals surface area contributed by atoms with E-state index in [9.17, 15) is 13.2 Å². The molecule has 0 saturated carbocycles. The summed E-state index contributed by atoms with van der Waals surface area (Å²) < 4.78 is 25.5. The van der Waals surface area contributed by atoms with Crippen molar-refractivity contribution in [2.45, 2.75) is 32.6 Å². The predicted molar refractivity (Wildman–Crippen MR) is 99.5 cm³/mol. The minimum Gasteiger partial charge on any atom is -0.352 e. The maximum Gasteiger partial charge on any atom is 0.251 e. The third kappa shape index (κ3) is 4.33. The third-order valence-electron chi connectivity index (χ3n) is 5.08. The van der Waals surface area contributed by atoms with Gasteiger partial charge >= 0.3 is 0 Å². The maximum absolute atomic E-state index is 12.4. The number of piperidine rings is 1. The number of hydrogen-bond donors (Lipinski definition) is 2. The van der Waals surface area contributed by atoms with Crippen LogP contribution in [0.2, 0.25) is 0 Å². The average molecular weight is 365 g/mol. The largest absolute Gasteiger partial charge is 0.352 e. The van der Waals surface area contributed by atoms with Gasteiger partial charge in [-0.1, -0.05) is 0 Å². The van der Waals surface area contributed by atoms with Crippen LogP contribution >= 0.6 is 0 Å². The molecule has 0 bridgehead atoms. The Kier molecular flexibility index (Phi) is 5.64. The van der Waals surface area contributed by atoms with Crippen molar-refractivity contribution in [2.75, 3.05) is 36.2 Å². The smallest absolute Gasteiger partial charge is 0.251 e. The van der Waals surface area contributed by atoms with Gasteiger partial charge in [0.05, 0.1) is 11.4 Å². The normalized spacial score (nSPS) is 22.8. The van der Waals surface area contributed by atoms with Crippen LogP contribution in [-0.4, -0.2) is 46.3 Å². The van der Waals surface area contributed by atoms with Crippen LogP contribution in [0.3, 0.4) is 0 Å². The zero-order valence-corrected chi connectivity index (χ0v) is 15.6. The van der Waals surface area contributed by atoms with E-state index in [0.717, 1.165) is 25.1 Å². The van der Waals surface area contributed by atoms with E-state index in [1.165, 1.54) is 17.1 Å². The fraction of sp³-hybridized carbons (Fsp3) is 0.611. The monoisotopic (exact) mass is 365 g/mol. The quantitative estimate of drug-likeness (QED) is 0.832. The molecule has 138 valence electrons. The second kappa shape index (κ2) is 7.74. The molecule has 2 N–H and O–H groups in total. The molecule has 1 aromatic rings. The number of rotatable bonds is 5. The van der Waals surface area contributed by atoms with Gasteiger partial charge in [0.25, 0.3) is 5.91 Å². The van der Waals surface area contributed by atoms with E-state index in [4.69, 9.17) is 0 Å². The Morgan fingerprint density at radius 3 is 2.84 bits per heavy atom. The molecule has 7 heteroatoms. The van der Waals surface area contributed by atoms with Gasteiger partial charge in [-0.3, -0.25) is 9.10 Å². The molecule has 0 aliphatic carbocycles. The zero-order chi connectivity index (χ0) is 17.9. The number of benzene rings is 1. The second-order valence-electron chi connectivity index (χ2n) is 7.00. The summed E-state index contributed by atoms with van der Waals surface area (Å²) >= 11 is 0. The van der Waals surface area contributed by atoms with Crippen molar-refractivity contribution in [1.29, 1.82) is 0 Å². The van der Waals surface area contributed by atoms with Gasteiger partial charge < -0.3 is 10.6 Å². The van der Waals surface area contributed by atoms with Crippen LogP contribution in [0, 0.1) is 12.8 Å². The Bertz CT molecular complexity index is 727. The van der Waals surface area contributed by atoms with Crippen LogP contribution in [0.4, 0.5) is 5.69 Å². The van der Waals surface area contributed by atoms with Crippen molar-refractivity contribution in [1.82, 2.24) is 10.6 Å². The van der Waals surface area contributed by atoms with E-state index < -0.39 is 10.0 Å². The van der Waals surface area contributed by atoms with E-state index in [1.807, 2.05) is 6.92 Å². The molecule has 2 aliphatic rings. The lowest BCUT2D eigenvalue weighted by Crippen LogP contribution is -2.33. The zero-order valence-electron chi connectivity index (χ0n) is 14.8. The minimum absolute atomic E-state index is 0.0860. The molecule has 2 heterocycles. The van der Waals surface area contributed by atoms with Gasteiger partial charge in [-0.2, -0.15) is 0 Å². The number of carbonyl (C=O) groups is 1. The van der Waals surface area contributed by atoms with Crippen LogP contribution in [0.1, 0.15) is 41.6 Å². The molecule has 0 aromatic heterocycles. The Labute approximate surface area is 150 Å². The highest BCUT2D eigenvalue weighted by Crippen LogP contribution is 2.26. The van der Waals surface area contributed by atoms with Gasteiger partial charge in [-0.25, -0.2) is 8.42 Å². The summed E-state index contributed by atoms with van der Waals surface area (Å²) in [6, 6.07) is 5.26. The first kappa shape index (κ1) is 18.2. The Hall–Kier alpha value is -1.60. The van der Waals surface area contributed by atoms with E-state index in [1.54, 1.807) is 18.2 Å². The fourth-order valence-corrected chi connectivity index (χ4v) is 5.20. The summed E-state index contributed by atoms with van der Waals surface area (Å²) in [5.41, 5.74) is 2.07. The van der Waals surface area contributed by atoms with Gasteiger partial charge in [-0.15, -0.1) is 0 Å². The van der Waals surface area contributed by atoms with Gasteiger partial charge in [0.2, 0.25) is 10.0 Å². The van der Waals surface area contributed by atoms with Gasteiger partial charge in [0.1, 0.15) is 0 Å². The summed E-state index contributed by atoms with van der Waals surface area (Å²) in [5.74, 6) is 0.750. The number of nitrogens with zero attached hydrogens (tertiary/aromatic N) is 1. The molecule has 25 heavy (non-hydrogen) atoms. The molecular weight excluding hydrogens is 338 g/mol. The summed E-state index contributed by atoms with van der Waals surface area (Å²) in [6.07, 6.45) is 4.07. The highest BCUT2D eigenvalue weighted by molar-refractivity contribution is 7.93. The van der Waals surface area contributed by atoms with Crippen molar-refractivity contribution in [3.05, 3.63) is 29.3 Å². The number of carbonyl (C=O) groups excluding carboxylic acids is 1. The predicted octanol–water partition coefficient (Wildman–Crippen LogP) is 1.65. The highest BCUT2D eigenvalue weighted by Gasteiger charge is 2.28. The second-order valence-corrected chi connectivity index (χ2v) is 9.01. The fourth-order valence-electron chi connectivity index (χ4n) is 3.64. The van der Waals surface area contributed by atoms with Crippen LogP contribution in [0.5, 0.6) is 0 Å². The molecule has 0 radical (unpaired) electrons. The summed E-state index contributed by atoms with van der Waals surface area (Å²) in [7, 11) is -3.19. The van der Waals surface area contributed by atoms with Gasteiger partial charge in [0, 0.05) is 18.7 Å². The van der Waals surface area contributed by atoms with Crippen LogP contribution in [-0.2, 0) is 10.0 Å². The van der Waals surface area contributed by atoms with Crippen molar-refractivity contribution in [3.63, 3.8) is 0 Å². The first-order valence-corrected chi connectivity index (χ1v) is 10.7. The Morgan fingerprint density at radius 2 is 2.20 bits per heavy atom. The molecular formula is C18H27N3O3S. The van der Waals surface area contributed by atoms with Gasteiger partial charge in [-0.05, 0) is 75.4 Å². The number of hydrogen-bond acceptors (Lipinski definition) is 4. The molecule has 2 saturated heterocycles. The number of anilines is 1. The molecule has 1 amide bonds. The first-order chi connectivity index (χ1) is 12.0. The number of aryl methyl sites for hydroxylation is 1. The lowest BCUT2D eigenvalue weighted by Gasteiger charge is -2.22. The average Bonchev–Trinajstić information content (AvgIpc) is 2.95. The lowest BCUT2D eigenvalue weighted by atomic mass is 9.96. The first-order valence-electron chi connectivity index (χ1n) is 9.07. The molecule has 2 aliphatic heterocycles. The van der Waals surface area contributed by atoms with E-state index in [0.29, 0.717) is 36.7 Å². The van der Waals surface area contributed by atoms with Crippen LogP contribution < -0.4 is 14.9 Å². The standard InChI is InChI=1S/C18H27N3O3S/c1-14-12-16(21-10-3-11-25(21,23)24)5-6-17(14)18(22)20-9-7-15-4-2-8-19-13-15/h5-6,12,15,19H,2-4,7-11,13H2,1H3,(H,20,22). The third-order valence-corrected chi connectivity index (χ3v) is 6.95. The molecule has 0 spiro atoms. The number of amides is 1. The minimum atomic E-state index is -3.19. The molecule has 6 nitrogen and oxygen atoms in total. The van der Waals surface area contributed by atoms with Crippen LogP contribution in [0.25, 0.3) is 0 Å². The Balaban J connectivity index is 1.59. The molecule has 1 atom stereocenters. The van der Waals surface area contributed by atoms with Gasteiger partial charge in [0.15, 0.2) is 0 Å². The number of sulfonamides is 1. The summed E-state index contributed by atoms with van der Waals surface area (Å²) in [5, 5.41) is 6.38. The number of nitrogens with one attached hydrogen (secondary N) is 2. The van der Waals surface area contributed by atoms with E-state index in [-0.39, 0.29) is 11.7 Å². The SMILES string of the molecule is Cc1cc(N2CCCS2(=O)=O)ccc1C(=O)NCCC1CCCNC1. The molecule has 1 aromatic carbocycles. The highest BCUT2D eigenvalue weighted by atomic mass is 32.2. The van der Waals surface area contributed by atoms with Crippen LogP contribution in [0.15, 0.2) is 18.2 Å². The topological polar surface area (TPSA) is 78.5 Å². The summed E-state index contributed by atoms with van der Waals surface area (Å²) in [4.78, 5) is 12.4. The van der Waals surface area contributed by atoms with Crippen molar-refractivity contribution < 1.29 is 13.2 Å². The van der Waals surface area contributed by atoms with Crippen molar-refractivity contribution >= 4 is 21.6 Å².